The molecule has 138 valence electrons. The second-order valence-corrected chi connectivity index (χ2v) is 7.01. The maximum Gasteiger partial charge on any atom is 0.241 e. The maximum absolute atomic E-state index is 13.7. The fourth-order valence-electron chi connectivity index (χ4n) is 3.15. The van der Waals surface area contributed by atoms with E-state index in [-0.39, 0.29) is 18.1 Å². The molecular weight excluding hydrogens is 345 g/mol. The number of rotatable bonds is 8. The van der Waals surface area contributed by atoms with Gasteiger partial charge in [-0.05, 0) is 30.5 Å². The second-order valence-electron chi connectivity index (χ2n) is 6.57. The Kier molecular flexibility index (Phi) is 7.50. The number of halogens is 2. The first-order valence-corrected chi connectivity index (χ1v) is 9.11. The highest BCUT2D eigenvalue weighted by Gasteiger charge is 2.20. The highest BCUT2D eigenvalue weighted by Crippen LogP contribution is 2.27. The molecule has 1 unspecified atom stereocenters. The Labute approximate surface area is 152 Å². The van der Waals surface area contributed by atoms with E-state index in [4.69, 9.17) is 17.3 Å². The van der Waals surface area contributed by atoms with Gasteiger partial charge in [-0.1, -0.05) is 43.7 Å². The molecule has 0 aliphatic heterocycles. The van der Waals surface area contributed by atoms with Gasteiger partial charge >= 0.3 is 0 Å². The van der Waals surface area contributed by atoms with Gasteiger partial charge in [-0.3, -0.25) is 9.59 Å². The Morgan fingerprint density at radius 2 is 2.00 bits per heavy atom. The molecule has 1 aliphatic carbocycles. The van der Waals surface area contributed by atoms with Crippen molar-refractivity contribution in [3.05, 3.63) is 29.0 Å². The zero-order chi connectivity index (χ0) is 18.2. The lowest BCUT2D eigenvalue weighted by Gasteiger charge is -2.22. The van der Waals surface area contributed by atoms with Crippen molar-refractivity contribution in [3.63, 3.8) is 0 Å². The Morgan fingerprint density at radius 1 is 1.28 bits per heavy atom. The molecule has 1 aliphatic rings. The summed E-state index contributed by atoms with van der Waals surface area (Å²) in [4.78, 5) is 23.7. The van der Waals surface area contributed by atoms with Crippen LogP contribution in [-0.2, 0) is 9.59 Å². The number of primary amides is 1. The van der Waals surface area contributed by atoms with E-state index in [0.29, 0.717) is 17.4 Å². The van der Waals surface area contributed by atoms with Gasteiger partial charge in [0.15, 0.2) is 0 Å². The first-order valence-electron chi connectivity index (χ1n) is 8.73. The molecule has 0 bridgehead atoms. The van der Waals surface area contributed by atoms with Crippen LogP contribution in [-0.4, -0.2) is 24.4 Å². The van der Waals surface area contributed by atoms with Crippen LogP contribution in [0.2, 0.25) is 5.02 Å². The summed E-state index contributed by atoms with van der Waals surface area (Å²) in [5.74, 6) is -0.773. The van der Waals surface area contributed by atoms with E-state index >= 15 is 0 Å². The molecule has 1 saturated carbocycles. The number of benzene rings is 1. The number of amides is 2. The lowest BCUT2D eigenvalue weighted by molar-refractivity contribution is -0.127. The van der Waals surface area contributed by atoms with Crippen molar-refractivity contribution < 1.29 is 14.0 Å². The smallest absolute Gasteiger partial charge is 0.241 e. The molecule has 1 atom stereocenters. The predicted molar refractivity (Wildman–Crippen MR) is 96.8 cm³/mol. The van der Waals surface area contributed by atoms with Gasteiger partial charge < -0.3 is 16.4 Å². The second kappa shape index (κ2) is 9.61. The van der Waals surface area contributed by atoms with Gasteiger partial charge in [0.25, 0.3) is 0 Å². The summed E-state index contributed by atoms with van der Waals surface area (Å²) >= 11 is 5.83. The fourth-order valence-corrected chi connectivity index (χ4v) is 3.32. The molecule has 25 heavy (non-hydrogen) atoms. The molecule has 0 radical (unpaired) electrons. The minimum atomic E-state index is -0.905. The first-order chi connectivity index (χ1) is 12.0. The van der Waals surface area contributed by atoms with Crippen molar-refractivity contribution in [3.8, 4) is 0 Å². The van der Waals surface area contributed by atoms with E-state index in [9.17, 15) is 14.0 Å². The lowest BCUT2D eigenvalue weighted by atomic mass is 9.86. The summed E-state index contributed by atoms with van der Waals surface area (Å²) in [6.07, 6.45) is 7.27. The van der Waals surface area contributed by atoms with E-state index in [0.717, 1.165) is 6.42 Å². The Balaban J connectivity index is 1.82. The van der Waals surface area contributed by atoms with Crippen molar-refractivity contribution in [2.45, 2.75) is 51.0 Å². The zero-order valence-electron chi connectivity index (χ0n) is 14.2. The molecule has 1 aromatic rings. The van der Waals surface area contributed by atoms with Crippen LogP contribution >= 0.6 is 11.6 Å². The summed E-state index contributed by atoms with van der Waals surface area (Å²) in [5, 5.41) is 5.77. The summed E-state index contributed by atoms with van der Waals surface area (Å²) in [5.41, 5.74) is 5.50. The maximum atomic E-state index is 13.7. The van der Waals surface area contributed by atoms with Crippen LogP contribution in [0.4, 0.5) is 10.1 Å². The molecule has 0 spiro atoms. The molecule has 5 nitrogen and oxygen atoms in total. The number of hydrogen-bond acceptors (Lipinski definition) is 3. The number of hydrogen-bond donors (Lipinski definition) is 3. The zero-order valence-corrected chi connectivity index (χ0v) is 14.9. The largest absolute Gasteiger partial charge is 0.380 e. The van der Waals surface area contributed by atoms with Crippen molar-refractivity contribution in [2.24, 2.45) is 11.7 Å². The third-order valence-electron chi connectivity index (χ3n) is 4.61. The average Bonchev–Trinajstić information content (AvgIpc) is 2.60. The van der Waals surface area contributed by atoms with Gasteiger partial charge in [-0.25, -0.2) is 4.39 Å². The molecule has 0 aromatic heterocycles. The van der Waals surface area contributed by atoms with Gasteiger partial charge in [0.2, 0.25) is 11.8 Å². The third kappa shape index (κ3) is 6.53. The predicted octanol–water partition coefficient (Wildman–Crippen LogP) is 3.22. The average molecular weight is 370 g/mol. The van der Waals surface area contributed by atoms with Gasteiger partial charge in [-0.15, -0.1) is 0 Å². The minimum Gasteiger partial charge on any atom is -0.380 e. The van der Waals surface area contributed by atoms with Crippen LogP contribution in [0.5, 0.6) is 0 Å². The van der Waals surface area contributed by atoms with Gasteiger partial charge in [0, 0.05) is 18.0 Å². The van der Waals surface area contributed by atoms with Crippen molar-refractivity contribution >= 4 is 29.1 Å². The summed E-state index contributed by atoms with van der Waals surface area (Å²) in [6.45, 7) is 0.00175. The minimum absolute atomic E-state index is 0.00175. The molecule has 0 saturated heterocycles. The van der Waals surface area contributed by atoms with Gasteiger partial charge in [-0.2, -0.15) is 0 Å². The summed E-state index contributed by atoms with van der Waals surface area (Å²) < 4.78 is 13.7. The SMILES string of the molecule is NC(=O)C(CNc1cc(Cl)ccc1F)NC(=O)CCC1CCCCC1. The first kappa shape index (κ1) is 19.5. The fraction of sp³-hybridized carbons (Fsp3) is 0.556. The topological polar surface area (TPSA) is 84.2 Å². The van der Waals surface area contributed by atoms with Crippen molar-refractivity contribution in [2.75, 3.05) is 11.9 Å². The lowest BCUT2D eigenvalue weighted by Crippen LogP contribution is -2.48. The van der Waals surface area contributed by atoms with E-state index in [1.165, 1.54) is 50.3 Å². The molecule has 4 N–H and O–H groups in total. The number of carbonyl (C=O) groups is 2. The van der Waals surface area contributed by atoms with Crippen LogP contribution in [0.1, 0.15) is 44.9 Å². The van der Waals surface area contributed by atoms with Crippen LogP contribution in [0, 0.1) is 11.7 Å². The van der Waals surface area contributed by atoms with Crippen molar-refractivity contribution in [1.29, 1.82) is 0 Å². The quantitative estimate of drug-likeness (QED) is 0.657. The van der Waals surface area contributed by atoms with E-state index < -0.39 is 17.8 Å². The van der Waals surface area contributed by atoms with Crippen molar-refractivity contribution in [1.82, 2.24) is 5.32 Å². The molecular formula is C18H25ClFN3O2. The normalized spacial score (nSPS) is 16.2. The van der Waals surface area contributed by atoms with Crippen LogP contribution in [0.15, 0.2) is 18.2 Å². The van der Waals surface area contributed by atoms with Crippen LogP contribution in [0.25, 0.3) is 0 Å². The van der Waals surface area contributed by atoms with E-state index in [1.54, 1.807) is 0 Å². The number of anilines is 1. The molecule has 0 heterocycles. The summed E-state index contributed by atoms with van der Waals surface area (Å²) in [6, 6.07) is 3.17. The number of nitrogens with one attached hydrogen (secondary N) is 2. The Hall–Kier alpha value is -1.82. The van der Waals surface area contributed by atoms with Crippen LogP contribution in [0.3, 0.4) is 0 Å². The molecule has 1 aromatic carbocycles. The standard InChI is InChI=1S/C18H25ClFN3O2/c19-13-7-8-14(20)15(10-13)22-11-16(18(21)25)23-17(24)9-6-12-4-2-1-3-5-12/h7-8,10,12,16,22H,1-6,9,11H2,(H2,21,25)(H,23,24). The molecule has 2 rings (SSSR count). The van der Waals surface area contributed by atoms with Crippen LogP contribution < -0.4 is 16.4 Å². The number of carbonyl (C=O) groups excluding carboxylic acids is 2. The highest BCUT2D eigenvalue weighted by molar-refractivity contribution is 6.30. The van der Waals surface area contributed by atoms with Gasteiger partial charge in [0.05, 0.1) is 5.69 Å². The summed E-state index contributed by atoms with van der Waals surface area (Å²) in [7, 11) is 0. The Bertz CT molecular complexity index is 606. The third-order valence-corrected chi connectivity index (χ3v) is 4.84. The number of nitrogens with two attached hydrogens (primary N) is 1. The van der Waals surface area contributed by atoms with Gasteiger partial charge in [0.1, 0.15) is 11.9 Å². The molecule has 1 fully saturated rings. The monoisotopic (exact) mass is 369 g/mol. The molecule has 2 amide bonds. The van der Waals surface area contributed by atoms with E-state index in [1.807, 2.05) is 0 Å². The van der Waals surface area contributed by atoms with E-state index in [2.05, 4.69) is 10.6 Å². The Morgan fingerprint density at radius 3 is 2.68 bits per heavy atom. The highest BCUT2D eigenvalue weighted by atomic mass is 35.5. The molecule has 7 heteroatoms.